The number of carbonyl (C=O) groups is 1. The Hall–Kier alpha value is -2.87. The predicted octanol–water partition coefficient (Wildman–Crippen LogP) is 4.35. The molecular formula is C28H33NO6. The zero-order valence-corrected chi connectivity index (χ0v) is 20.6. The van der Waals surface area contributed by atoms with Crippen molar-refractivity contribution >= 4 is 16.9 Å². The first-order valence-electron chi connectivity index (χ1n) is 12.2. The maximum Gasteiger partial charge on any atom is 0.311 e. The van der Waals surface area contributed by atoms with Crippen LogP contribution in [0.25, 0.3) is 11.0 Å². The van der Waals surface area contributed by atoms with Crippen LogP contribution in [0, 0.1) is 12.8 Å². The quantitative estimate of drug-likeness (QED) is 0.397. The highest BCUT2D eigenvalue weighted by atomic mass is 16.5. The van der Waals surface area contributed by atoms with Crippen molar-refractivity contribution < 1.29 is 28.9 Å². The molecule has 2 heterocycles. The summed E-state index contributed by atoms with van der Waals surface area (Å²) in [5.41, 5.74) is 4.76. The molecule has 1 unspecified atom stereocenters. The minimum absolute atomic E-state index is 0.114. The number of carboxylic acids is 1. The van der Waals surface area contributed by atoms with Gasteiger partial charge in [0.1, 0.15) is 23.4 Å². The molecule has 3 N–H and O–H groups in total. The summed E-state index contributed by atoms with van der Waals surface area (Å²) in [7, 11) is 0. The third-order valence-electron chi connectivity index (χ3n) is 7.21. The Morgan fingerprint density at radius 2 is 2.03 bits per heavy atom. The van der Waals surface area contributed by atoms with Gasteiger partial charge in [0.2, 0.25) is 0 Å². The number of hydrogen-bond acceptors (Lipinski definition) is 6. The van der Waals surface area contributed by atoms with Gasteiger partial charge in [-0.2, -0.15) is 0 Å². The van der Waals surface area contributed by atoms with E-state index in [1.165, 1.54) is 5.56 Å². The summed E-state index contributed by atoms with van der Waals surface area (Å²) >= 11 is 0. The number of rotatable bonds is 10. The summed E-state index contributed by atoms with van der Waals surface area (Å²) in [4.78, 5) is 11.5. The third-order valence-corrected chi connectivity index (χ3v) is 7.21. The molecule has 0 saturated heterocycles. The van der Waals surface area contributed by atoms with Crippen LogP contribution in [0.4, 0.5) is 0 Å². The van der Waals surface area contributed by atoms with Crippen LogP contribution in [0.1, 0.15) is 55.0 Å². The summed E-state index contributed by atoms with van der Waals surface area (Å²) in [6, 6.07) is 12.1. The van der Waals surface area contributed by atoms with Crippen molar-refractivity contribution in [2.45, 2.75) is 63.9 Å². The summed E-state index contributed by atoms with van der Waals surface area (Å²) in [5, 5.41) is 24.6. The van der Waals surface area contributed by atoms with Crippen molar-refractivity contribution in [2.75, 3.05) is 13.2 Å². The van der Waals surface area contributed by atoms with Crippen molar-refractivity contribution in [3.63, 3.8) is 0 Å². The average Bonchev–Trinajstić information content (AvgIpc) is 3.12. The van der Waals surface area contributed by atoms with Crippen molar-refractivity contribution in [1.29, 1.82) is 0 Å². The minimum atomic E-state index is -0.819. The molecule has 35 heavy (non-hydrogen) atoms. The molecule has 1 aliphatic carbocycles. The Bertz CT molecular complexity index is 1250. The van der Waals surface area contributed by atoms with Crippen molar-refractivity contribution in [3.05, 3.63) is 64.9 Å². The number of furan rings is 1. The maximum atomic E-state index is 11.5. The lowest BCUT2D eigenvalue weighted by Crippen LogP contribution is -2.46. The van der Waals surface area contributed by atoms with Crippen LogP contribution in [0.5, 0.6) is 5.75 Å². The summed E-state index contributed by atoms with van der Waals surface area (Å²) in [6.45, 7) is 8.71. The molecule has 2 aliphatic rings. The van der Waals surface area contributed by atoms with Crippen LogP contribution in [0.3, 0.4) is 0 Å². The minimum Gasteiger partial charge on any atom is -0.488 e. The van der Waals surface area contributed by atoms with E-state index >= 15 is 0 Å². The number of carboxylic acid groups (broad SMARTS) is 1. The summed E-state index contributed by atoms with van der Waals surface area (Å²) < 4.78 is 17.4. The van der Waals surface area contributed by atoms with Crippen molar-refractivity contribution in [3.8, 4) is 5.75 Å². The van der Waals surface area contributed by atoms with Gasteiger partial charge in [0, 0.05) is 29.0 Å². The largest absolute Gasteiger partial charge is 0.488 e. The van der Waals surface area contributed by atoms with Crippen LogP contribution in [-0.4, -0.2) is 47.1 Å². The first-order chi connectivity index (χ1) is 16.6. The van der Waals surface area contributed by atoms with Crippen LogP contribution >= 0.6 is 0 Å². The first-order valence-corrected chi connectivity index (χ1v) is 12.2. The molecule has 7 nitrogen and oxygen atoms in total. The third kappa shape index (κ3) is 4.68. The lowest BCUT2D eigenvalue weighted by atomic mass is 9.94. The lowest BCUT2D eigenvalue weighted by Gasteiger charge is -2.28. The van der Waals surface area contributed by atoms with Gasteiger partial charge < -0.3 is 29.4 Å². The number of β-amino-alcohol motifs (C(OH)–C–C–N with tert-alkyl or cyclic N) is 1. The number of aliphatic hydroxyl groups excluding tert-OH is 1. The molecule has 0 spiro atoms. The number of aliphatic hydroxyl groups is 1. The molecular weight excluding hydrogens is 446 g/mol. The molecule has 1 aromatic heterocycles. The smallest absolute Gasteiger partial charge is 0.311 e. The molecule has 0 bridgehead atoms. The van der Waals surface area contributed by atoms with E-state index in [0.717, 1.165) is 39.8 Å². The van der Waals surface area contributed by atoms with Crippen LogP contribution in [0.15, 0.2) is 47.1 Å². The number of ether oxygens (including phenoxy) is 2. The number of aryl methyl sites for hydroxylation is 1. The Labute approximate surface area is 205 Å². The number of nitrogens with one attached hydrogen (secondary N) is 1. The van der Waals surface area contributed by atoms with Gasteiger partial charge in [-0.1, -0.05) is 18.2 Å². The van der Waals surface area contributed by atoms with Gasteiger partial charge in [0.25, 0.3) is 0 Å². The van der Waals surface area contributed by atoms with Gasteiger partial charge in [-0.3, -0.25) is 4.79 Å². The molecule has 2 aromatic carbocycles. The van der Waals surface area contributed by atoms with E-state index in [0.29, 0.717) is 6.54 Å². The Morgan fingerprint density at radius 1 is 1.23 bits per heavy atom. The first kappa shape index (κ1) is 23.9. The number of hydrogen-bond donors (Lipinski definition) is 3. The molecule has 3 aromatic rings. The number of fused-ring (bicyclic) bond motifs is 4. The van der Waals surface area contributed by atoms with Gasteiger partial charge in [0.05, 0.1) is 25.1 Å². The average molecular weight is 480 g/mol. The van der Waals surface area contributed by atoms with E-state index in [-0.39, 0.29) is 30.3 Å². The maximum absolute atomic E-state index is 11.5. The van der Waals surface area contributed by atoms with E-state index in [9.17, 15) is 15.0 Å². The van der Waals surface area contributed by atoms with E-state index in [1.807, 2.05) is 38.1 Å². The van der Waals surface area contributed by atoms with Gasteiger partial charge in [-0.05, 0) is 69.0 Å². The fraction of sp³-hybridized carbons (Fsp3) is 0.464. The fourth-order valence-corrected chi connectivity index (χ4v) is 5.28. The monoisotopic (exact) mass is 479 g/mol. The molecule has 186 valence electrons. The topological polar surface area (TPSA) is 101 Å². The molecule has 5 atom stereocenters. The zero-order valence-electron chi connectivity index (χ0n) is 20.6. The number of benzene rings is 2. The molecule has 1 fully saturated rings. The van der Waals surface area contributed by atoms with Gasteiger partial charge >= 0.3 is 5.97 Å². The highest BCUT2D eigenvalue weighted by molar-refractivity contribution is 5.80. The predicted molar refractivity (Wildman–Crippen MR) is 132 cm³/mol. The standard InChI is InChI=1S/C28H33NO6/c1-15-5-7-20(22-23-24(27(31)32)26(23)35-25(15)22)16(2)34-14-19(30)13-29-28(3,4)12-17-6-8-21-18(11-17)9-10-33-21/h5-11,16,19,23-24,26,29-30H,12-14H2,1-4H3,(H,31,32)/t16-,19?,23+,24+,26+/m1/s1. The van der Waals surface area contributed by atoms with E-state index in [4.69, 9.17) is 13.9 Å². The molecule has 1 saturated carbocycles. The molecule has 7 heteroatoms. The molecule has 1 aliphatic heterocycles. The highest BCUT2D eigenvalue weighted by Gasteiger charge is 2.64. The zero-order chi connectivity index (χ0) is 24.9. The molecule has 0 radical (unpaired) electrons. The Balaban J connectivity index is 1.16. The second-order valence-electron chi connectivity index (χ2n) is 10.6. The molecule has 5 rings (SSSR count). The lowest BCUT2D eigenvalue weighted by molar-refractivity contribution is -0.139. The Morgan fingerprint density at radius 3 is 2.80 bits per heavy atom. The second kappa shape index (κ2) is 8.97. The van der Waals surface area contributed by atoms with Crippen LogP contribution in [0.2, 0.25) is 0 Å². The van der Waals surface area contributed by atoms with Gasteiger partial charge in [0.15, 0.2) is 0 Å². The second-order valence-corrected chi connectivity index (χ2v) is 10.6. The highest BCUT2D eigenvalue weighted by Crippen LogP contribution is 2.61. The van der Waals surface area contributed by atoms with E-state index < -0.39 is 18.0 Å². The number of aliphatic carboxylic acids is 1. The van der Waals surface area contributed by atoms with E-state index in [2.05, 4.69) is 31.3 Å². The van der Waals surface area contributed by atoms with Crippen molar-refractivity contribution in [1.82, 2.24) is 5.32 Å². The van der Waals surface area contributed by atoms with Crippen LogP contribution < -0.4 is 10.1 Å². The summed E-state index contributed by atoms with van der Waals surface area (Å²) in [5.74, 6) is -0.623. The normalized spacial score (nSPS) is 22.4. The summed E-state index contributed by atoms with van der Waals surface area (Å²) in [6.07, 6.45) is 1.26. The Kier molecular flexibility index (Phi) is 6.11. The van der Waals surface area contributed by atoms with E-state index in [1.54, 1.807) is 6.26 Å². The van der Waals surface area contributed by atoms with Gasteiger partial charge in [-0.25, -0.2) is 0 Å². The molecule has 0 amide bonds. The SMILES string of the molecule is Cc1ccc([C@@H](C)OCC(O)CNC(C)(C)Cc2ccc3occc3c2)c2c1O[C@@H]1[C@@H](C(=O)O)[C@H]21. The van der Waals surface area contributed by atoms with Gasteiger partial charge in [-0.15, -0.1) is 0 Å². The fourth-order valence-electron chi connectivity index (χ4n) is 5.28. The van der Waals surface area contributed by atoms with Crippen molar-refractivity contribution in [2.24, 2.45) is 5.92 Å². The van der Waals surface area contributed by atoms with Crippen LogP contribution in [-0.2, 0) is 16.0 Å².